The Morgan fingerprint density at radius 2 is 2.31 bits per heavy atom. The third-order valence-electron chi connectivity index (χ3n) is 1.71. The van der Waals surface area contributed by atoms with Gasteiger partial charge in [-0.3, -0.25) is 0 Å². The summed E-state index contributed by atoms with van der Waals surface area (Å²) < 4.78 is 5.24. The third-order valence-corrected chi connectivity index (χ3v) is 4.11. The van der Waals surface area contributed by atoms with Crippen molar-refractivity contribution in [1.82, 2.24) is 9.36 Å². The zero-order valence-corrected chi connectivity index (χ0v) is 11.0. The second kappa shape index (κ2) is 4.94. The van der Waals surface area contributed by atoms with Crippen LogP contribution in [0.15, 0.2) is 38.2 Å². The molecular formula is C9H5BrN2O2S2. The molecule has 0 atom stereocenters. The minimum atomic E-state index is -0.952. The van der Waals surface area contributed by atoms with Crippen LogP contribution >= 0.6 is 39.2 Å². The van der Waals surface area contributed by atoms with E-state index < -0.39 is 5.97 Å². The minimum absolute atomic E-state index is 0.245. The number of benzene rings is 1. The molecule has 0 saturated carbocycles. The molecule has 0 aliphatic rings. The maximum Gasteiger partial charge on any atom is 0.336 e. The molecule has 0 radical (unpaired) electrons. The second-order valence-corrected chi connectivity index (χ2v) is 5.71. The van der Waals surface area contributed by atoms with Gasteiger partial charge < -0.3 is 5.11 Å². The Bertz CT molecular complexity index is 516. The maximum absolute atomic E-state index is 10.9. The topological polar surface area (TPSA) is 63.1 Å². The molecule has 0 saturated heterocycles. The molecule has 7 heteroatoms. The van der Waals surface area contributed by atoms with E-state index in [4.69, 9.17) is 5.11 Å². The fourth-order valence-corrected chi connectivity index (χ4v) is 2.92. The van der Waals surface area contributed by atoms with Gasteiger partial charge in [0.25, 0.3) is 0 Å². The van der Waals surface area contributed by atoms with E-state index in [1.165, 1.54) is 29.6 Å². The van der Waals surface area contributed by atoms with Gasteiger partial charge in [-0.25, -0.2) is 9.78 Å². The van der Waals surface area contributed by atoms with Crippen LogP contribution in [0.2, 0.25) is 0 Å². The molecule has 0 bridgehead atoms. The van der Waals surface area contributed by atoms with Gasteiger partial charge in [-0.05, 0) is 45.7 Å². The molecule has 16 heavy (non-hydrogen) atoms. The van der Waals surface area contributed by atoms with Crippen molar-refractivity contribution >= 4 is 45.2 Å². The fourth-order valence-electron chi connectivity index (χ4n) is 1.04. The summed E-state index contributed by atoms with van der Waals surface area (Å²) in [4.78, 5) is 15.8. The van der Waals surface area contributed by atoms with Crippen LogP contribution in [0.5, 0.6) is 0 Å². The Hall–Kier alpha value is -0.920. The maximum atomic E-state index is 10.9. The summed E-state index contributed by atoms with van der Waals surface area (Å²) in [6.45, 7) is 0. The van der Waals surface area contributed by atoms with Crippen molar-refractivity contribution in [3.8, 4) is 0 Å². The molecule has 0 unspecified atom stereocenters. The van der Waals surface area contributed by atoms with Gasteiger partial charge in [0.15, 0.2) is 4.34 Å². The van der Waals surface area contributed by atoms with Gasteiger partial charge in [0.2, 0.25) is 0 Å². The van der Waals surface area contributed by atoms with Crippen molar-refractivity contribution in [3.63, 3.8) is 0 Å². The number of carboxylic acids is 1. The van der Waals surface area contributed by atoms with Crippen molar-refractivity contribution in [2.24, 2.45) is 0 Å². The lowest BCUT2D eigenvalue weighted by Crippen LogP contribution is -1.97. The Labute approximate surface area is 108 Å². The molecule has 2 aromatic rings. The lowest BCUT2D eigenvalue weighted by atomic mass is 10.2. The van der Waals surface area contributed by atoms with Crippen molar-refractivity contribution < 1.29 is 9.90 Å². The lowest BCUT2D eigenvalue weighted by molar-refractivity contribution is 0.0695. The van der Waals surface area contributed by atoms with E-state index in [9.17, 15) is 4.79 Å². The fraction of sp³-hybridized carbons (Fsp3) is 0. The Morgan fingerprint density at radius 1 is 1.50 bits per heavy atom. The molecule has 1 heterocycles. The van der Waals surface area contributed by atoms with E-state index in [0.717, 1.165) is 9.24 Å². The van der Waals surface area contributed by atoms with Crippen LogP contribution in [-0.4, -0.2) is 20.4 Å². The van der Waals surface area contributed by atoms with Gasteiger partial charge in [0.05, 0.1) is 5.56 Å². The molecule has 0 spiro atoms. The van der Waals surface area contributed by atoms with E-state index in [0.29, 0.717) is 4.47 Å². The molecule has 2 rings (SSSR count). The van der Waals surface area contributed by atoms with Crippen molar-refractivity contribution in [1.29, 1.82) is 0 Å². The van der Waals surface area contributed by atoms with Gasteiger partial charge in [0, 0.05) is 9.37 Å². The highest BCUT2D eigenvalue weighted by Gasteiger charge is 2.10. The average molecular weight is 317 g/mol. The van der Waals surface area contributed by atoms with Crippen molar-refractivity contribution in [2.75, 3.05) is 0 Å². The molecule has 1 aromatic heterocycles. The highest BCUT2D eigenvalue weighted by Crippen LogP contribution is 2.30. The lowest BCUT2D eigenvalue weighted by Gasteiger charge is -2.02. The first-order valence-electron chi connectivity index (χ1n) is 4.14. The number of carboxylic acid groups (broad SMARTS) is 1. The van der Waals surface area contributed by atoms with Gasteiger partial charge in [-0.15, -0.1) is 0 Å². The highest BCUT2D eigenvalue weighted by atomic mass is 79.9. The highest BCUT2D eigenvalue weighted by molar-refractivity contribution is 9.10. The predicted octanol–water partition coefficient (Wildman–Crippen LogP) is 3.15. The molecule has 0 fully saturated rings. The van der Waals surface area contributed by atoms with Crippen LogP contribution < -0.4 is 0 Å². The summed E-state index contributed by atoms with van der Waals surface area (Å²) in [5, 5.41) is 8.95. The summed E-state index contributed by atoms with van der Waals surface area (Å²) in [7, 11) is 0. The Balaban J connectivity index is 2.29. The van der Waals surface area contributed by atoms with Gasteiger partial charge in [0.1, 0.15) is 6.33 Å². The van der Waals surface area contributed by atoms with Crippen LogP contribution in [0.1, 0.15) is 10.4 Å². The van der Waals surface area contributed by atoms with E-state index >= 15 is 0 Å². The van der Waals surface area contributed by atoms with Crippen LogP contribution in [0, 0.1) is 0 Å². The number of nitrogens with zero attached hydrogens (tertiary/aromatic N) is 2. The first kappa shape index (κ1) is 11.6. The summed E-state index contributed by atoms with van der Waals surface area (Å²) in [5.74, 6) is -0.952. The molecule has 1 aromatic carbocycles. The third kappa shape index (κ3) is 2.60. The number of aromatic carboxylic acids is 1. The average Bonchev–Trinajstić information content (AvgIpc) is 2.73. The number of rotatable bonds is 3. The first-order chi connectivity index (χ1) is 7.66. The van der Waals surface area contributed by atoms with Crippen LogP contribution in [-0.2, 0) is 0 Å². The molecule has 82 valence electrons. The smallest absolute Gasteiger partial charge is 0.336 e. The van der Waals surface area contributed by atoms with E-state index in [1.54, 1.807) is 12.1 Å². The number of aromatic nitrogens is 2. The van der Waals surface area contributed by atoms with E-state index in [2.05, 4.69) is 25.3 Å². The number of carbonyl (C=O) groups is 1. The molecule has 0 aliphatic carbocycles. The summed E-state index contributed by atoms with van der Waals surface area (Å²) in [6, 6.07) is 5.16. The van der Waals surface area contributed by atoms with E-state index in [-0.39, 0.29) is 5.56 Å². The number of halogens is 1. The quantitative estimate of drug-likeness (QED) is 0.942. The van der Waals surface area contributed by atoms with Crippen molar-refractivity contribution in [2.45, 2.75) is 9.24 Å². The molecule has 4 nitrogen and oxygen atoms in total. The molecular weight excluding hydrogens is 312 g/mol. The Morgan fingerprint density at radius 3 is 2.94 bits per heavy atom. The summed E-state index contributed by atoms with van der Waals surface area (Å²) in [5.41, 5.74) is 0.245. The predicted molar refractivity (Wildman–Crippen MR) is 65.1 cm³/mol. The number of hydrogen-bond donors (Lipinski definition) is 1. The van der Waals surface area contributed by atoms with Gasteiger partial charge >= 0.3 is 5.97 Å². The second-order valence-electron chi connectivity index (χ2n) is 2.76. The van der Waals surface area contributed by atoms with Crippen LogP contribution in [0.25, 0.3) is 0 Å². The first-order valence-corrected chi connectivity index (χ1v) is 6.52. The standard InChI is InChI=1S/C9H5BrN2O2S2/c10-7-2-1-5(3-6(7)8(13)14)15-9-11-4-12-16-9/h1-4H,(H,13,14). The summed E-state index contributed by atoms with van der Waals surface area (Å²) in [6.07, 6.45) is 1.48. The van der Waals surface area contributed by atoms with E-state index in [1.807, 2.05) is 6.07 Å². The Kier molecular flexibility index (Phi) is 3.57. The molecule has 0 aliphatic heterocycles. The minimum Gasteiger partial charge on any atom is -0.478 e. The number of hydrogen-bond acceptors (Lipinski definition) is 5. The zero-order chi connectivity index (χ0) is 11.5. The summed E-state index contributed by atoms with van der Waals surface area (Å²) >= 11 is 5.87. The molecule has 1 N–H and O–H groups in total. The van der Waals surface area contributed by atoms with Crippen molar-refractivity contribution in [3.05, 3.63) is 34.6 Å². The van der Waals surface area contributed by atoms with Gasteiger partial charge in [-0.1, -0.05) is 11.8 Å². The van der Waals surface area contributed by atoms with Crippen LogP contribution in [0.3, 0.4) is 0 Å². The van der Waals surface area contributed by atoms with Crippen LogP contribution in [0.4, 0.5) is 0 Å². The van der Waals surface area contributed by atoms with Gasteiger partial charge in [-0.2, -0.15) is 4.37 Å². The monoisotopic (exact) mass is 316 g/mol. The molecule has 0 amide bonds. The largest absolute Gasteiger partial charge is 0.478 e. The SMILES string of the molecule is O=C(O)c1cc(Sc2ncns2)ccc1Br. The zero-order valence-electron chi connectivity index (χ0n) is 7.75. The normalized spacial score (nSPS) is 10.3.